The van der Waals surface area contributed by atoms with Crippen LogP contribution in [0.1, 0.15) is 44.1 Å². The number of hydrogen-bond acceptors (Lipinski definition) is 4. The van der Waals surface area contributed by atoms with Gasteiger partial charge in [-0.2, -0.15) is 4.31 Å². The predicted octanol–water partition coefficient (Wildman–Crippen LogP) is 4.25. The molecule has 1 amide bonds. The van der Waals surface area contributed by atoms with E-state index in [2.05, 4.69) is 0 Å². The molecule has 178 valence electrons. The van der Waals surface area contributed by atoms with E-state index >= 15 is 0 Å². The fourth-order valence-corrected chi connectivity index (χ4v) is 6.81. The molecule has 2 aliphatic rings. The average Bonchev–Trinajstić information content (AvgIpc) is 2.84. The molecule has 7 heteroatoms. The van der Waals surface area contributed by atoms with E-state index in [1.807, 2.05) is 54.3 Å². The summed E-state index contributed by atoms with van der Waals surface area (Å²) < 4.78 is 34.8. The third-order valence-corrected chi connectivity index (χ3v) is 8.87. The lowest BCUT2D eigenvalue weighted by atomic mass is 9.78. The number of likely N-dealkylation sites (tertiary alicyclic amines) is 1. The molecule has 0 spiro atoms. The Labute approximate surface area is 197 Å². The molecule has 2 aromatic rings. The van der Waals surface area contributed by atoms with E-state index < -0.39 is 15.4 Å². The maximum Gasteiger partial charge on any atom is 0.243 e. The van der Waals surface area contributed by atoms with Crippen LogP contribution in [0.4, 0.5) is 0 Å². The number of amides is 1. The number of para-hydroxylation sites is 1. The molecule has 4 rings (SSSR count). The molecule has 0 aliphatic carbocycles. The first-order chi connectivity index (χ1) is 15.9. The van der Waals surface area contributed by atoms with Gasteiger partial charge in [0.05, 0.1) is 11.5 Å². The largest absolute Gasteiger partial charge is 0.493 e. The fourth-order valence-electron chi connectivity index (χ4n) is 4.99. The van der Waals surface area contributed by atoms with E-state index in [1.54, 1.807) is 16.4 Å². The van der Waals surface area contributed by atoms with E-state index in [-0.39, 0.29) is 12.5 Å². The molecule has 0 bridgehead atoms. The highest BCUT2D eigenvalue weighted by molar-refractivity contribution is 7.89. The Morgan fingerprint density at radius 3 is 2.36 bits per heavy atom. The molecular formula is C26H34N2O4S. The van der Waals surface area contributed by atoms with E-state index in [0.717, 1.165) is 50.1 Å². The van der Waals surface area contributed by atoms with Crippen LogP contribution in [0.3, 0.4) is 0 Å². The lowest BCUT2D eigenvalue weighted by molar-refractivity contribution is -0.136. The van der Waals surface area contributed by atoms with Crippen molar-refractivity contribution in [1.82, 2.24) is 9.21 Å². The lowest BCUT2D eigenvalue weighted by Gasteiger charge is -2.42. The molecular weight excluding hydrogens is 436 g/mol. The highest BCUT2D eigenvalue weighted by atomic mass is 32.2. The number of piperidine rings is 2. The molecule has 2 aromatic carbocycles. The maximum atomic E-state index is 13.5. The third-order valence-electron chi connectivity index (χ3n) is 6.86. The molecule has 0 unspecified atom stereocenters. The van der Waals surface area contributed by atoms with Crippen LogP contribution in [0, 0.1) is 12.3 Å². The van der Waals surface area contributed by atoms with Crippen molar-refractivity contribution in [1.29, 1.82) is 0 Å². The van der Waals surface area contributed by atoms with Gasteiger partial charge in [0.2, 0.25) is 15.9 Å². The average molecular weight is 471 g/mol. The van der Waals surface area contributed by atoms with Gasteiger partial charge in [-0.3, -0.25) is 4.79 Å². The van der Waals surface area contributed by atoms with Crippen LogP contribution in [-0.2, 0) is 14.8 Å². The summed E-state index contributed by atoms with van der Waals surface area (Å²) in [5.74, 6) is 0.850. The number of carbonyl (C=O) groups excluding carboxylic acids is 1. The summed E-state index contributed by atoms with van der Waals surface area (Å²) in [7, 11) is -3.65. The Bertz CT molecular complexity index is 1050. The molecule has 2 fully saturated rings. The van der Waals surface area contributed by atoms with Crippen molar-refractivity contribution >= 4 is 15.9 Å². The van der Waals surface area contributed by atoms with E-state index in [9.17, 15) is 13.2 Å². The number of ether oxygens (including phenoxy) is 1. The summed E-state index contributed by atoms with van der Waals surface area (Å²) in [5, 5.41) is 0. The molecule has 33 heavy (non-hydrogen) atoms. The zero-order chi connectivity index (χ0) is 23.3. The maximum absolute atomic E-state index is 13.5. The number of nitrogens with zero attached hydrogens (tertiary/aromatic N) is 2. The van der Waals surface area contributed by atoms with Crippen LogP contribution in [0.5, 0.6) is 5.75 Å². The summed E-state index contributed by atoms with van der Waals surface area (Å²) in [6.45, 7) is 4.47. The van der Waals surface area contributed by atoms with Gasteiger partial charge in [-0.25, -0.2) is 8.42 Å². The summed E-state index contributed by atoms with van der Waals surface area (Å²) >= 11 is 0. The Kier molecular flexibility index (Phi) is 7.39. The summed E-state index contributed by atoms with van der Waals surface area (Å²) in [4.78, 5) is 15.6. The first kappa shape index (κ1) is 23.8. The molecule has 2 aliphatic heterocycles. The van der Waals surface area contributed by atoms with Crippen LogP contribution in [0.2, 0.25) is 0 Å². The van der Waals surface area contributed by atoms with Crippen molar-refractivity contribution < 1.29 is 17.9 Å². The zero-order valence-corrected chi connectivity index (χ0v) is 20.2. The first-order valence-electron chi connectivity index (χ1n) is 11.9. The summed E-state index contributed by atoms with van der Waals surface area (Å²) in [6.07, 6.45) is 5.00. The topological polar surface area (TPSA) is 66.9 Å². The van der Waals surface area contributed by atoms with Gasteiger partial charge in [0, 0.05) is 38.0 Å². The number of hydrogen-bond donors (Lipinski definition) is 0. The van der Waals surface area contributed by atoms with Crippen LogP contribution >= 0.6 is 0 Å². The summed E-state index contributed by atoms with van der Waals surface area (Å²) in [6, 6.07) is 16.6. The Morgan fingerprint density at radius 1 is 0.939 bits per heavy atom. The zero-order valence-electron chi connectivity index (χ0n) is 19.4. The van der Waals surface area contributed by atoms with Gasteiger partial charge in [0.1, 0.15) is 5.75 Å². The van der Waals surface area contributed by atoms with Crippen LogP contribution in [0.15, 0.2) is 59.5 Å². The smallest absolute Gasteiger partial charge is 0.243 e. The SMILES string of the molecule is Cc1ccccc1S(=O)(=O)N1CCC[C@](COc2ccccc2)(CC(=O)N2CCCCC2)C1. The van der Waals surface area contributed by atoms with Gasteiger partial charge in [0.25, 0.3) is 0 Å². The standard InChI is InChI=1S/C26H34N2O4S/c1-22-11-6-7-14-24(22)33(30,31)28-18-10-15-26(20-28,21-32-23-12-4-2-5-13-23)19-25(29)27-16-8-3-9-17-27/h2,4-7,11-14H,3,8-10,15-21H2,1H3/t26-/m0/s1. The molecule has 0 aromatic heterocycles. The number of rotatable bonds is 7. The molecule has 2 saturated heterocycles. The van der Waals surface area contributed by atoms with Crippen molar-refractivity contribution in [3.63, 3.8) is 0 Å². The van der Waals surface area contributed by atoms with Gasteiger partial charge < -0.3 is 9.64 Å². The predicted molar refractivity (Wildman–Crippen MR) is 129 cm³/mol. The van der Waals surface area contributed by atoms with Gasteiger partial charge >= 0.3 is 0 Å². The van der Waals surface area contributed by atoms with Crippen molar-refractivity contribution in [2.45, 2.75) is 50.3 Å². The minimum atomic E-state index is -3.65. The van der Waals surface area contributed by atoms with E-state index in [1.165, 1.54) is 0 Å². The van der Waals surface area contributed by atoms with E-state index in [4.69, 9.17) is 4.74 Å². The van der Waals surface area contributed by atoms with Crippen molar-refractivity contribution in [2.24, 2.45) is 5.41 Å². The van der Waals surface area contributed by atoms with Gasteiger partial charge in [-0.1, -0.05) is 36.4 Å². The molecule has 2 heterocycles. The molecule has 1 atom stereocenters. The quantitative estimate of drug-likeness (QED) is 0.607. The number of sulfonamides is 1. The second-order valence-electron chi connectivity index (χ2n) is 9.43. The van der Waals surface area contributed by atoms with Crippen molar-refractivity contribution in [2.75, 3.05) is 32.8 Å². The number of carbonyl (C=O) groups is 1. The number of benzene rings is 2. The first-order valence-corrected chi connectivity index (χ1v) is 13.4. The Hall–Kier alpha value is -2.38. The van der Waals surface area contributed by atoms with Gasteiger partial charge in [-0.15, -0.1) is 0 Å². The Morgan fingerprint density at radius 2 is 1.64 bits per heavy atom. The van der Waals surface area contributed by atoms with Gasteiger partial charge in [-0.05, 0) is 62.8 Å². The lowest BCUT2D eigenvalue weighted by Crippen LogP contribution is -2.51. The second kappa shape index (κ2) is 10.3. The second-order valence-corrected chi connectivity index (χ2v) is 11.3. The van der Waals surface area contributed by atoms with E-state index in [0.29, 0.717) is 30.9 Å². The molecule has 0 saturated carbocycles. The molecule has 0 N–H and O–H groups in total. The monoisotopic (exact) mass is 470 g/mol. The number of aryl methyl sites for hydroxylation is 1. The minimum absolute atomic E-state index is 0.113. The minimum Gasteiger partial charge on any atom is -0.493 e. The Balaban J connectivity index is 1.58. The molecule has 6 nitrogen and oxygen atoms in total. The van der Waals surface area contributed by atoms with Crippen LogP contribution in [-0.4, -0.2) is 56.3 Å². The van der Waals surface area contributed by atoms with Gasteiger partial charge in [0.15, 0.2) is 0 Å². The van der Waals surface area contributed by atoms with Crippen LogP contribution in [0.25, 0.3) is 0 Å². The van der Waals surface area contributed by atoms with Crippen molar-refractivity contribution in [3.8, 4) is 5.75 Å². The summed E-state index contributed by atoms with van der Waals surface area (Å²) in [5.41, 5.74) is 0.178. The van der Waals surface area contributed by atoms with Crippen LogP contribution < -0.4 is 4.74 Å². The fraction of sp³-hybridized carbons (Fsp3) is 0.500. The third kappa shape index (κ3) is 5.58. The van der Waals surface area contributed by atoms with Crippen molar-refractivity contribution in [3.05, 3.63) is 60.2 Å². The highest BCUT2D eigenvalue weighted by Crippen LogP contribution is 2.38. The highest BCUT2D eigenvalue weighted by Gasteiger charge is 2.43. The normalized spacial score (nSPS) is 22.2. The molecule has 0 radical (unpaired) electrons.